The van der Waals surface area contributed by atoms with Crippen LogP contribution in [0.5, 0.6) is 0 Å². The van der Waals surface area contributed by atoms with Crippen molar-refractivity contribution in [3.05, 3.63) is 155 Å². The fourth-order valence-electron chi connectivity index (χ4n) is 4.80. The molecule has 0 fully saturated rings. The Kier molecular flexibility index (Phi) is 6.63. The van der Waals surface area contributed by atoms with Gasteiger partial charge in [0.05, 0.1) is 5.69 Å². The molecule has 0 aliphatic carbocycles. The van der Waals surface area contributed by atoms with E-state index in [1.807, 2.05) is 91.0 Å². The monoisotopic (exact) mass is 499 g/mol. The summed E-state index contributed by atoms with van der Waals surface area (Å²) in [7, 11) is 0. The molecule has 0 bridgehead atoms. The van der Waals surface area contributed by atoms with Crippen molar-refractivity contribution in [2.75, 3.05) is 0 Å². The van der Waals surface area contributed by atoms with Crippen LogP contribution in [-0.2, 0) is 12.0 Å². The van der Waals surface area contributed by atoms with Crippen LogP contribution < -0.4 is 0 Å². The van der Waals surface area contributed by atoms with Crippen LogP contribution in [0.1, 0.15) is 39.9 Å². The van der Waals surface area contributed by atoms with Gasteiger partial charge in [-0.3, -0.25) is 4.98 Å². The third-order valence-electron chi connectivity index (χ3n) is 6.41. The number of rotatable bonds is 7. The number of hydrogen-bond acceptors (Lipinski definition) is 3. The Morgan fingerprint density at radius 1 is 0.703 bits per heavy atom. The van der Waals surface area contributed by atoms with Crippen molar-refractivity contribution in [1.82, 2.24) is 14.5 Å². The molecule has 2 heterocycles. The van der Waals surface area contributed by atoms with Gasteiger partial charge in [-0.25, -0.2) is 4.98 Å². The van der Waals surface area contributed by atoms with E-state index in [1.165, 1.54) is 4.57 Å². The maximum Gasteiger partial charge on any atom is 0.421 e. The lowest BCUT2D eigenvalue weighted by Gasteiger charge is -2.39. The van der Waals surface area contributed by atoms with Gasteiger partial charge in [-0.15, -0.1) is 0 Å². The van der Waals surface area contributed by atoms with E-state index in [9.17, 15) is 18.3 Å². The zero-order valence-electron chi connectivity index (χ0n) is 19.8. The van der Waals surface area contributed by atoms with Gasteiger partial charge in [0.25, 0.3) is 0 Å². The molecule has 1 N–H and O–H groups in total. The fourth-order valence-corrected chi connectivity index (χ4v) is 4.80. The molecule has 0 radical (unpaired) electrons. The molecular formula is C30H24F3N3O. The lowest BCUT2D eigenvalue weighted by Crippen LogP contribution is -2.40. The molecule has 0 aliphatic rings. The molecule has 3 aromatic carbocycles. The molecule has 1 atom stereocenters. The summed E-state index contributed by atoms with van der Waals surface area (Å²) in [5.74, 6) is -0.479. The quantitative estimate of drug-likeness (QED) is 0.267. The van der Waals surface area contributed by atoms with Gasteiger partial charge in [-0.05, 0) is 34.4 Å². The highest BCUT2D eigenvalue weighted by Crippen LogP contribution is 2.44. The second-order valence-electron chi connectivity index (χ2n) is 8.75. The predicted octanol–water partition coefficient (Wildman–Crippen LogP) is 6.30. The third kappa shape index (κ3) is 4.66. The van der Waals surface area contributed by atoms with E-state index in [0.717, 1.165) is 22.3 Å². The summed E-state index contributed by atoms with van der Waals surface area (Å²) >= 11 is 0. The first-order valence-electron chi connectivity index (χ1n) is 11.8. The average Bonchev–Trinajstić information content (AvgIpc) is 3.34. The van der Waals surface area contributed by atoms with Gasteiger partial charge in [-0.1, -0.05) is 91.0 Å². The topological polar surface area (TPSA) is 50.9 Å². The number of benzene rings is 3. The summed E-state index contributed by atoms with van der Waals surface area (Å²) in [5.41, 5.74) is 2.20. The summed E-state index contributed by atoms with van der Waals surface area (Å²) in [5, 5.41) is 10.6. The summed E-state index contributed by atoms with van der Waals surface area (Å²) < 4.78 is 43.6. The van der Waals surface area contributed by atoms with Crippen molar-refractivity contribution in [3.63, 3.8) is 0 Å². The standard InChI is InChI=1S/C30H24F3N3O/c31-30(32,33)27(37)28-35-26(20-22-16-18-34-19-17-22)21-36(28)29(23-10-4-1-5-11-23,24-12-6-2-7-13-24)25-14-8-3-9-15-25/h1-19,21,27,37H,20H2. The van der Waals surface area contributed by atoms with Crippen molar-refractivity contribution in [2.24, 2.45) is 0 Å². The first-order chi connectivity index (χ1) is 17.9. The number of pyridine rings is 1. The molecule has 0 saturated heterocycles. The highest BCUT2D eigenvalue weighted by Gasteiger charge is 2.47. The van der Waals surface area contributed by atoms with Crippen molar-refractivity contribution in [2.45, 2.75) is 24.2 Å². The normalized spacial score (nSPS) is 12.9. The Morgan fingerprint density at radius 3 is 1.59 bits per heavy atom. The fraction of sp³-hybridized carbons (Fsp3) is 0.133. The molecule has 0 saturated carbocycles. The van der Waals surface area contributed by atoms with E-state index < -0.39 is 23.6 Å². The lowest BCUT2D eigenvalue weighted by molar-refractivity contribution is -0.210. The molecule has 186 valence electrons. The van der Waals surface area contributed by atoms with E-state index in [2.05, 4.69) is 9.97 Å². The van der Waals surface area contributed by atoms with Crippen molar-refractivity contribution >= 4 is 0 Å². The number of imidazole rings is 1. The minimum Gasteiger partial charge on any atom is -0.377 e. The number of aliphatic hydroxyl groups is 1. The van der Waals surface area contributed by atoms with E-state index >= 15 is 0 Å². The smallest absolute Gasteiger partial charge is 0.377 e. The molecule has 5 aromatic rings. The first kappa shape index (κ1) is 24.5. The van der Waals surface area contributed by atoms with Gasteiger partial charge < -0.3 is 9.67 Å². The molecule has 2 aromatic heterocycles. The molecule has 37 heavy (non-hydrogen) atoms. The van der Waals surface area contributed by atoms with Crippen LogP contribution in [0, 0.1) is 0 Å². The van der Waals surface area contributed by atoms with E-state index in [1.54, 1.807) is 30.7 Å². The highest BCUT2D eigenvalue weighted by molar-refractivity contribution is 5.51. The molecule has 0 amide bonds. The van der Waals surface area contributed by atoms with Gasteiger partial charge >= 0.3 is 6.18 Å². The Balaban J connectivity index is 1.86. The molecule has 7 heteroatoms. The number of aliphatic hydroxyl groups excluding tert-OH is 1. The SMILES string of the molecule is OC(c1nc(Cc2ccncc2)cn1C(c1ccccc1)(c1ccccc1)c1ccccc1)C(F)(F)F. The number of nitrogens with zero attached hydrogens (tertiary/aromatic N) is 3. The second-order valence-corrected chi connectivity index (χ2v) is 8.75. The van der Waals surface area contributed by atoms with Gasteiger partial charge in [0.1, 0.15) is 11.4 Å². The number of alkyl halides is 3. The number of aromatic nitrogens is 3. The Bertz CT molecular complexity index is 1340. The molecule has 1 unspecified atom stereocenters. The average molecular weight is 500 g/mol. The van der Waals surface area contributed by atoms with Crippen LogP contribution in [0.3, 0.4) is 0 Å². The lowest BCUT2D eigenvalue weighted by atomic mass is 9.76. The molecule has 0 aliphatic heterocycles. The van der Waals surface area contributed by atoms with Crippen molar-refractivity contribution in [3.8, 4) is 0 Å². The molecule has 5 rings (SSSR count). The maximum atomic E-state index is 14.0. The van der Waals surface area contributed by atoms with Crippen LogP contribution >= 0.6 is 0 Å². The summed E-state index contributed by atoms with van der Waals surface area (Å²) in [4.78, 5) is 8.40. The van der Waals surface area contributed by atoms with Gasteiger partial charge in [-0.2, -0.15) is 13.2 Å². The summed E-state index contributed by atoms with van der Waals surface area (Å²) in [6.07, 6.45) is -2.54. The second kappa shape index (κ2) is 10.0. The number of hydrogen-bond donors (Lipinski definition) is 1. The van der Waals surface area contributed by atoms with Crippen molar-refractivity contribution < 1.29 is 18.3 Å². The van der Waals surface area contributed by atoms with Crippen molar-refractivity contribution in [1.29, 1.82) is 0 Å². The largest absolute Gasteiger partial charge is 0.421 e. The Hall–Kier alpha value is -4.23. The zero-order chi connectivity index (χ0) is 25.9. The van der Waals surface area contributed by atoms with Crippen LogP contribution in [0.2, 0.25) is 0 Å². The van der Waals surface area contributed by atoms with E-state index in [4.69, 9.17) is 0 Å². The maximum absolute atomic E-state index is 14.0. The van der Waals surface area contributed by atoms with Crippen LogP contribution in [0.15, 0.2) is 122 Å². The third-order valence-corrected chi connectivity index (χ3v) is 6.41. The predicted molar refractivity (Wildman–Crippen MR) is 135 cm³/mol. The zero-order valence-corrected chi connectivity index (χ0v) is 19.8. The minimum atomic E-state index is -4.91. The van der Waals surface area contributed by atoms with Crippen LogP contribution in [0.25, 0.3) is 0 Å². The van der Waals surface area contributed by atoms with E-state index in [0.29, 0.717) is 5.69 Å². The molecule has 0 spiro atoms. The van der Waals surface area contributed by atoms with Gasteiger partial charge in [0, 0.05) is 25.0 Å². The number of halogens is 3. The first-order valence-corrected chi connectivity index (χ1v) is 11.8. The van der Waals surface area contributed by atoms with Crippen LogP contribution in [0.4, 0.5) is 13.2 Å². The highest BCUT2D eigenvalue weighted by atomic mass is 19.4. The van der Waals surface area contributed by atoms with Gasteiger partial charge in [0.15, 0.2) is 0 Å². The molecular weight excluding hydrogens is 475 g/mol. The molecule has 4 nitrogen and oxygen atoms in total. The minimum absolute atomic E-state index is 0.279. The van der Waals surface area contributed by atoms with Gasteiger partial charge in [0.2, 0.25) is 6.10 Å². The van der Waals surface area contributed by atoms with E-state index in [-0.39, 0.29) is 6.42 Å². The Labute approximate surface area is 212 Å². The Morgan fingerprint density at radius 2 is 1.16 bits per heavy atom. The summed E-state index contributed by atoms with van der Waals surface area (Å²) in [6, 6.07) is 31.6. The summed E-state index contributed by atoms with van der Waals surface area (Å²) in [6.45, 7) is 0. The van der Waals surface area contributed by atoms with Crippen LogP contribution in [-0.4, -0.2) is 25.8 Å².